The van der Waals surface area contributed by atoms with Gasteiger partial charge in [0, 0.05) is 18.9 Å². The zero-order valence-electron chi connectivity index (χ0n) is 11.8. The first-order valence-electron chi connectivity index (χ1n) is 6.44. The van der Waals surface area contributed by atoms with E-state index in [9.17, 15) is 4.79 Å². The van der Waals surface area contributed by atoms with E-state index in [1.165, 1.54) is 6.20 Å². The van der Waals surface area contributed by atoms with E-state index in [0.717, 1.165) is 12.2 Å². The molecule has 0 aliphatic heterocycles. The summed E-state index contributed by atoms with van der Waals surface area (Å²) in [5.74, 6) is -0.136. The minimum atomic E-state index is -0.805. The third kappa shape index (κ3) is 3.01. The molecule has 7 heteroatoms. The first kappa shape index (κ1) is 14.6. The Morgan fingerprint density at radius 3 is 2.80 bits per heavy atom. The zero-order chi connectivity index (χ0) is 14.8. The van der Waals surface area contributed by atoms with Gasteiger partial charge >= 0.3 is 0 Å². The van der Waals surface area contributed by atoms with Crippen LogP contribution in [0.1, 0.15) is 26.5 Å². The van der Waals surface area contributed by atoms with Gasteiger partial charge in [-0.25, -0.2) is 0 Å². The van der Waals surface area contributed by atoms with Crippen molar-refractivity contribution in [2.75, 3.05) is 0 Å². The molecule has 0 fully saturated rings. The van der Waals surface area contributed by atoms with E-state index in [0.29, 0.717) is 11.6 Å². The fourth-order valence-corrected chi connectivity index (χ4v) is 1.91. The van der Waals surface area contributed by atoms with Gasteiger partial charge in [-0.2, -0.15) is 10.2 Å². The number of rotatable bonds is 5. The van der Waals surface area contributed by atoms with Gasteiger partial charge in [-0.1, -0.05) is 11.6 Å². The highest BCUT2D eigenvalue weighted by molar-refractivity contribution is 6.30. The van der Waals surface area contributed by atoms with Crippen LogP contribution in [0.25, 0.3) is 0 Å². The molecule has 0 radical (unpaired) electrons. The molecule has 0 unspecified atom stereocenters. The molecule has 2 heterocycles. The van der Waals surface area contributed by atoms with E-state index < -0.39 is 5.54 Å². The van der Waals surface area contributed by atoms with Gasteiger partial charge in [0.2, 0.25) is 5.91 Å². The lowest BCUT2D eigenvalue weighted by atomic mass is 10.1. The summed E-state index contributed by atoms with van der Waals surface area (Å²) < 4.78 is 3.37. The molecule has 0 spiro atoms. The molecular formula is C13H18ClN5O. The smallest absolute Gasteiger partial charge is 0.247 e. The van der Waals surface area contributed by atoms with Crippen molar-refractivity contribution in [3.63, 3.8) is 0 Å². The molecule has 0 aliphatic carbocycles. The number of hydrogen-bond donors (Lipinski definition) is 1. The Hall–Kier alpha value is -1.82. The van der Waals surface area contributed by atoms with Crippen LogP contribution in [0.5, 0.6) is 0 Å². The average molecular weight is 296 g/mol. The maximum absolute atomic E-state index is 12.3. The van der Waals surface area contributed by atoms with E-state index in [2.05, 4.69) is 15.5 Å². The fourth-order valence-electron chi connectivity index (χ4n) is 1.77. The number of hydrogen-bond acceptors (Lipinski definition) is 3. The molecular weight excluding hydrogens is 278 g/mol. The van der Waals surface area contributed by atoms with Crippen LogP contribution < -0.4 is 5.32 Å². The van der Waals surface area contributed by atoms with E-state index in [1.807, 2.05) is 23.9 Å². The molecule has 20 heavy (non-hydrogen) atoms. The molecule has 0 saturated carbocycles. The minimum Gasteiger partial charge on any atom is -0.348 e. The van der Waals surface area contributed by atoms with Gasteiger partial charge in [0.25, 0.3) is 0 Å². The first-order valence-corrected chi connectivity index (χ1v) is 6.82. The van der Waals surface area contributed by atoms with E-state index >= 15 is 0 Å². The molecule has 108 valence electrons. The van der Waals surface area contributed by atoms with Gasteiger partial charge in [0.05, 0.1) is 23.5 Å². The van der Waals surface area contributed by atoms with Crippen molar-refractivity contribution in [2.24, 2.45) is 0 Å². The number of nitrogens with one attached hydrogen (secondary N) is 1. The maximum Gasteiger partial charge on any atom is 0.247 e. The van der Waals surface area contributed by atoms with Gasteiger partial charge in [-0.05, 0) is 26.8 Å². The van der Waals surface area contributed by atoms with Crippen molar-refractivity contribution in [3.05, 3.63) is 35.4 Å². The number of carbonyl (C=O) groups is 1. The Morgan fingerprint density at radius 1 is 1.50 bits per heavy atom. The number of carbonyl (C=O) groups excluding carboxylic acids is 1. The largest absolute Gasteiger partial charge is 0.348 e. The Morgan fingerprint density at radius 2 is 2.25 bits per heavy atom. The number of aromatic nitrogens is 4. The van der Waals surface area contributed by atoms with Gasteiger partial charge in [0.15, 0.2) is 0 Å². The quantitative estimate of drug-likeness (QED) is 0.915. The number of nitrogens with zero attached hydrogens (tertiary/aromatic N) is 4. The van der Waals surface area contributed by atoms with Crippen molar-refractivity contribution in [1.29, 1.82) is 0 Å². The van der Waals surface area contributed by atoms with Crippen LogP contribution in [0.15, 0.2) is 24.7 Å². The summed E-state index contributed by atoms with van der Waals surface area (Å²) in [7, 11) is 0. The van der Waals surface area contributed by atoms with E-state index in [4.69, 9.17) is 11.6 Å². The van der Waals surface area contributed by atoms with Crippen LogP contribution in [0.3, 0.4) is 0 Å². The van der Waals surface area contributed by atoms with Crippen LogP contribution in [0.4, 0.5) is 0 Å². The summed E-state index contributed by atoms with van der Waals surface area (Å²) >= 11 is 5.84. The molecule has 2 aromatic heterocycles. The lowest BCUT2D eigenvalue weighted by Gasteiger charge is -2.23. The average Bonchev–Trinajstić information content (AvgIpc) is 3.04. The number of halogens is 1. The lowest BCUT2D eigenvalue weighted by molar-refractivity contribution is -0.129. The van der Waals surface area contributed by atoms with Crippen molar-refractivity contribution in [1.82, 2.24) is 24.9 Å². The summed E-state index contributed by atoms with van der Waals surface area (Å²) in [5, 5.41) is 11.8. The third-order valence-corrected chi connectivity index (χ3v) is 3.32. The lowest BCUT2D eigenvalue weighted by Crippen LogP contribution is -2.44. The molecule has 0 saturated heterocycles. The number of aryl methyl sites for hydroxylation is 1. The van der Waals surface area contributed by atoms with Gasteiger partial charge in [0.1, 0.15) is 5.54 Å². The molecule has 6 nitrogen and oxygen atoms in total. The van der Waals surface area contributed by atoms with E-state index in [-0.39, 0.29) is 5.91 Å². The van der Waals surface area contributed by atoms with Crippen molar-refractivity contribution >= 4 is 17.5 Å². The first-order chi connectivity index (χ1) is 9.43. The van der Waals surface area contributed by atoms with Gasteiger partial charge in [-0.3, -0.25) is 14.2 Å². The second-order valence-corrected chi connectivity index (χ2v) is 5.44. The Labute approximate surface area is 122 Å². The minimum absolute atomic E-state index is 0.136. The Bertz CT molecular complexity index is 601. The van der Waals surface area contributed by atoms with Crippen LogP contribution in [0.2, 0.25) is 5.02 Å². The molecule has 0 aromatic carbocycles. The summed E-state index contributed by atoms with van der Waals surface area (Å²) in [4.78, 5) is 12.3. The summed E-state index contributed by atoms with van der Waals surface area (Å²) in [6.45, 7) is 6.79. The molecule has 0 aliphatic rings. The highest BCUT2D eigenvalue weighted by atomic mass is 35.5. The standard InChI is InChI=1S/C13H18ClN5O/c1-4-18-6-5-11(17-18)8-15-12(20)13(2,3)19-9-10(14)7-16-19/h5-7,9H,4,8H2,1-3H3,(H,15,20). The Kier molecular flexibility index (Phi) is 4.13. The van der Waals surface area contributed by atoms with Crippen LogP contribution in [-0.4, -0.2) is 25.5 Å². The third-order valence-electron chi connectivity index (χ3n) is 3.13. The molecule has 2 aromatic rings. The molecule has 1 amide bonds. The van der Waals surface area contributed by atoms with E-state index in [1.54, 1.807) is 24.7 Å². The van der Waals surface area contributed by atoms with Crippen LogP contribution in [0, 0.1) is 0 Å². The van der Waals surface area contributed by atoms with Crippen molar-refractivity contribution in [2.45, 2.75) is 39.4 Å². The maximum atomic E-state index is 12.3. The SMILES string of the molecule is CCn1ccc(CNC(=O)C(C)(C)n2cc(Cl)cn2)n1. The second kappa shape index (κ2) is 5.66. The highest BCUT2D eigenvalue weighted by Gasteiger charge is 2.30. The van der Waals surface area contributed by atoms with Crippen molar-refractivity contribution in [3.8, 4) is 0 Å². The summed E-state index contributed by atoms with van der Waals surface area (Å²) in [6, 6.07) is 1.89. The molecule has 0 bridgehead atoms. The summed E-state index contributed by atoms with van der Waals surface area (Å²) in [5.41, 5.74) is 0.0231. The van der Waals surface area contributed by atoms with Crippen LogP contribution in [-0.2, 0) is 23.4 Å². The monoisotopic (exact) mass is 295 g/mol. The van der Waals surface area contributed by atoms with Crippen molar-refractivity contribution < 1.29 is 4.79 Å². The second-order valence-electron chi connectivity index (χ2n) is 5.01. The number of amides is 1. The normalized spacial score (nSPS) is 11.6. The van der Waals surface area contributed by atoms with Crippen LogP contribution >= 0.6 is 11.6 Å². The zero-order valence-corrected chi connectivity index (χ0v) is 12.6. The molecule has 2 rings (SSSR count). The fraction of sp³-hybridized carbons (Fsp3) is 0.462. The summed E-state index contributed by atoms with van der Waals surface area (Å²) in [6.07, 6.45) is 5.03. The highest BCUT2D eigenvalue weighted by Crippen LogP contribution is 2.17. The Balaban J connectivity index is 2.00. The van der Waals surface area contributed by atoms with Gasteiger partial charge in [-0.15, -0.1) is 0 Å². The van der Waals surface area contributed by atoms with Gasteiger partial charge < -0.3 is 5.32 Å². The predicted molar refractivity (Wildman–Crippen MR) is 76.3 cm³/mol. The molecule has 1 N–H and O–H groups in total. The predicted octanol–water partition coefficient (Wildman–Crippen LogP) is 1.80. The molecule has 0 atom stereocenters. The topological polar surface area (TPSA) is 64.7 Å².